The van der Waals surface area contributed by atoms with E-state index in [1.807, 2.05) is 96.1 Å². The number of nitrogens with zero attached hydrogens (tertiary/aromatic N) is 2. The van der Waals surface area contributed by atoms with Gasteiger partial charge in [-0.25, -0.2) is 9.59 Å². The van der Waals surface area contributed by atoms with Crippen molar-refractivity contribution >= 4 is 35.6 Å². The summed E-state index contributed by atoms with van der Waals surface area (Å²) in [4.78, 5) is 57.5. The lowest BCUT2D eigenvalue weighted by molar-refractivity contribution is -0.139. The number of rotatable bonds is 15. The molecular weight excluding hydrogens is 655 g/mol. The summed E-state index contributed by atoms with van der Waals surface area (Å²) in [6.45, 7) is 18.1. The van der Waals surface area contributed by atoms with Gasteiger partial charge in [-0.1, -0.05) is 76.2 Å². The summed E-state index contributed by atoms with van der Waals surface area (Å²) in [5.74, 6) is -0.875. The lowest BCUT2D eigenvalue weighted by Gasteiger charge is -2.43. The van der Waals surface area contributed by atoms with Gasteiger partial charge in [-0.3, -0.25) is 14.5 Å². The van der Waals surface area contributed by atoms with E-state index in [0.29, 0.717) is 5.75 Å². The highest BCUT2D eigenvalue weighted by Gasteiger charge is 2.47. The number of carboxylic acid groups (broad SMARTS) is 1. The molecule has 0 spiro atoms. The molecule has 2 N–H and O–H groups in total. The second kappa shape index (κ2) is 17.3. The molecule has 0 aliphatic carbocycles. The third kappa shape index (κ3) is 11.3. The van der Waals surface area contributed by atoms with Crippen molar-refractivity contribution in [2.75, 3.05) is 21.2 Å². The molecule has 3 atom stereocenters. The van der Waals surface area contributed by atoms with Crippen LogP contribution in [-0.2, 0) is 30.3 Å². The van der Waals surface area contributed by atoms with E-state index in [1.54, 1.807) is 41.0 Å². The quantitative estimate of drug-likeness (QED) is 0.191. The smallest absolute Gasteiger partial charge is 0.410 e. The molecule has 3 amide bonds. The van der Waals surface area contributed by atoms with E-state index >= 15 is 0 Å². The Morgan fingerprint density at radius 2 is 1.46 bits per heavy atom. The van der Waals surface area contributed by atoms with E-state index in [-0.39, 0.29) is 11.5 Å². The molecule has 0 aliphatic heterocycles. The maximum absolute atomic E-state index is 14.7. The van der Waals surface area contributed by atoms with Gasteiger partial charge in [0.25, 0.3) is 0 Å². The number of aliphatic carboxylic acids is 1. The number of carbonyl (C=O) groups is 4. The van der Waals surface area contributed by atoms with E-state index in [9.17, 15) is 24.3 Å². The van der Waals surface area contributed by atoms with Crippen molar-refractivity contribution in [3.63, 3.8) is 0 Å². The van der Waals surface area contributed by atoms with E-state index in [1.165, 1.54) is 35.5 Å². The number of amides is 3. The molecule has 2 aromatic rings. The minimum Gasteiger partial charge on any atom is -0.497 e. The van der Waals surface area contributed by atoms with E-state index in [0.717, 1.165) is 16.9 Å². The highest BCUT2D eigenvalue weighted by Crippen LogP contribution is 2.35. The van der Waals surface area contributed by atoms with Crippen molar-refractivity contribution in [1.82, 2.24) is 15.1 Å². The van der Waals surface area contributed by atoms with Gasteiger partial charge in [-0.15, -0.1) is 11.8 Å². The van der Waals surface area contributed by atoms with Crippen LogP contribution in [0.4, 0.5) is 4.79 Å². The fraction of sp³-hybridized carbons (Fsp3) is 0.538. The Morgan fingerprint density at radius 1 is 0.900 bits per heavy atom. The van der Waals surface area contributed by atoms with Crippen molar-refractivity contribution < 1.29 is 33.8 Å². The molecule has 0 radical (unpaired) electrons. The zero-order valence-corrected chi connectivity index (χ0v) is 32.8. The van der Waals surface area contributed by atoms with E-state index in [2.05, 4.69) is 5.32 Å². The fourth-order valence-corrected chi connectivity index (χ4v) is 6.77. The molecule has 0 saturated heterocycles. The molecule has 0 saturated carbocycles. The van der Waals surface area contributed by atoms with Crippen LogP contribution < -0.4 is 10.1 Å². The van der Waals surface area contributed by atoms with Crippen LogP contribution in [0.5, 0.6) is 5.75 Å². The first-order valence-corrected chi connectivity index (χ1v) is 17.8. The SMILES string of the molecule is COc1ccc(CSC(C)(C)[C@H](NC(=O)[C@@H](N(C)C(=O)OC(C)(C)C)C(C)(C)c2ccccc2)C(=O)N(C)[C@@H](/C=C(\C)C(=O)O)C(C)C)cc1. The minimum atomic E-state index is -1.09. The fourth-order valence-electron chi connectivity index (χ4n) is 5.71. The van der Waals surface area contributed by atoms with Crippen LogP contribution in [0.25, 0.3) is 0 Å². The second-order valence-corrected chi connectivity index (χ2v) is 16.7. The third-order valence-electron chi connectivity index (χ3n) is 8.75. The number of thioether (sulfide) groups is 1. The highest BCUT2D eigenvalue weighted by atomic mass is 32.2. The molecule has 0 aromatic heterocycles. The summed E-state index contributed by atoms with van der Waals surface area (Å²) >= 11 is 1.50. The standard InChI is InChI=1S/C39H57N3O7S/c1-25(2)30(23-26(3)35(45)46)41(11)34(44)31(39(9,10)50-24-27-19-21-29(48-13)22-20-27)40-33(43)32(42(12)36(47)49-37(4,5)6)38(7,8)28-17-15-14-16-18-28/h14-23,25,30-32H,24H2,1-13H3,(H,40,43)(H,45,46)/b26-23+/t30-,31+,32+/m0/s1. The van der Waals surface area contributed by atoms with Crippen molar-refractivity contribution in [1.29, 1.82) is 0 Å². The van der Waals surface area contributed by atoms with Gasteiger partial charge in [0, 0.05) is 35.6 Å². The van der Waals surface area contributed by atoms with E-state index < -0.39 is 57.8 Å². The number of hydrogen-bond donors (Lipinski definition) is 2. The first-order chi connectivity index (χ1) is 23.0. The molecule has 276 valence electrons. The first-order valence-electron chi connectivity index (χ1n) is 16.8. The number of ether oxygens (including phenoxy) is 2. The summed E-state index contributed by atoms with van der Waals surface area (Å²) in [5.41, 5.74) is 0.206. The Bertz CT molecular complexity index is 1500. The van der Waals surface area contributed by atoms with Crippen LogP contribution in [0.1, 0.15) is 80.4 Å². The van der Waals surface area contributed by atoms with E-state index in [4.69, 9.17) is 9.47 Å². The van der Waals surface area contributed by atoms with Crippen LogP contribution in [0.2, 0.25) is 0 Å². The molecule has 10 nitrogen and oxygen atoms in total. The average Bonchev–Trinajstić information content (AvgIpc) is 3.03. The highest BCUT2D eigenvalue weighted by molar-refractivity contribution is 7.99. The molecule has 0 heterocycles. The summed E-state index contributed by atoms with van der Waals surface area (Å²) in [6, 6.07) is 14.3. The molecule has 50 heavy (non-hydrogen) atoms. The molecule has 0 bridgehead atoms. The number of hydrogen-bond acceptors (Lipinski definition) is 7. The predicted molar refractivity (Wildman–Crippen MR) is 200 cm³/mol. The predicted octanol–water partition coefficient (Wildman–Crippen LogP) is 6.92. The molecule has 0 unspecified atom stereocenters. The van der Waals surface area contributed by atoms with Crippen LogP contribution in [0.3, 0.4) is 0 Å². The zero-order valence-electron chi connectivity index (χ0n) is 32.0. The van der Waals surface area contributed by atoms with Crippen molar-refractivity contribution in [2.45, 2.75) is 109 Å². The largest absolute Gasteiger partial charge is 0.497 e. The van der Waals surface area contributed by atoms with Crippen LogP contribution >= 0.6 is 11.8 Å². The number of nitrogens with one attached hydrogen (secondary N) is 1. The maximum Gasteiger partial charge on any atom is 0.410 e. The zero-order chi connectivity index (χ0) is 38.2. The Morgan fingerprint density at radius 3 is 1.94 bits per heavy atom. The van der Waals surface area contributed by atoms with Gasteiger partial charge >= 0.3 is 12.1 Å². The van der Waals surface area contributed by atoms with Crippen LogP contribution in [0, 0.1) is 5.92 Å². The van der Waals surface area contributed by atoms with Crippen LogP contribution in [0.15, 0.2) is 66.2 Å². The van der Waals surface area contributed by atoms with Gasteiger partial charge in [0.2, 0.25) is 11.8 Å². The second-order valence-electron chi connectivity index (χ2n) is 15.1. The van der Waals surface area contributed by atoms with Crippen molar-refractivity contribution in [3.8, 4) is 5.75 Å². The van der Waals surface area contributed by atoms with Gasteiger partial charge < -0.3 is 24.8 Å². The number of likely N-dealkylation sites (N-methyl/N-ethyl adjacent to an activating group) is 2. The molecule has 2 rings (SSSR count). The van der Waals surface area contributed by atoms with Gasteiger partial charge in [0.05, 0.1) is 13.2 Å². The molecule has 2 aromatic carbocycles. The summed E-state index contributed by atoms with van der Waals surface area (Å²) in [6.07, 6.45) is 0.891. The lowest BCUT2D eigenvalue weighted by Crippen LogP contribution is -2.64. The Hall–Kier alpha value is -3.99. The van der Waals surface area contributed by atoms with Crippen LogP contribution in [-0.4, -0.2) is 88.5 Å². The minimum absolute atomic E-state index is 0.112. The van der Waals surface area contributed by atoms with Gasteiger partial charge in [0.15, 0.2) is 0 Å². The Labute approximate surface area is 303 Å². The maximum atomic E-state index is 14.7. The molecular formula is C39H57N3O7S. The number of benzene rings is 2. The monoisotopic (exact) mass is 711 g/mol. The summed E-state index contributed by atoms with van der Waals surface area (Å²) in [7, 11) is 4.76. The summed E-state index contributed by atoms with van der Waals surface area (Å²) in [5, 5.41) is 12.7. The molecule has 0 fully saturated rings. The van der Waals surface area contributed by atoms with Gasteiger partial charge in [-0.2, -0.15) is 0 Å². The van der Waals surface area contributed by atoms with Crippen molar-refractivity contribution in [3.05, 3.63) is 77.4 Å². The van der Waals surface area contributed by atoms with Gasteiger partial charge in [-0.05, 0) is 70.7 Å². The Kier molecular flexibility index (Phi) is 14.6. The number of methoxy groups -OCH3 is 1. The first kappa shape index (κ1) is 42.2. The van der Waals surface area contributed by atoms with Gasteiger partial charge in [0.1, 0.15) is 23.4 Å². The molecule has 0 aliphatic rings. The number of carbonyl (C=O) groups excluding carboxylic acids is 3. The third-order valence-corrected chi connectivity index (χ3v) is 10.2. The molecule has 11 heteroatoms. The average molecular weight is 712 g/mol. The Balaban J connectivity index is 2.67. The topological polar surface area (TPSA) is 125 Å². The lowest BCUT2D eigenvalue weighted by atomic mass is 9.76. The number of carboxylic acids is 1. The normalized spacial score (nSPS) is 14.3. The van der Waals surface area contributed by atoms with Crippen molar-refractivity contribution in [2.24, 2.45) is 5.92 Å². The summed E-state index contributed by atoms with van der Waals surface area (Å²) < 4.78 is 10.1.